The van der Waals surface area contributed by atoms with E-state index >= 15 is 0 Å². The van der Waals surface area contributed by atoms with Crippen LogP contribution in [0.15, 0.2) is 24.3 Å². The summed E-state index contributed by atoms with van der Waals surface area (Å²) in [6.07, 6.45) is 0. The Kier molecular flexibility index (Phi) is 4.80. The van der Waals surface area contributed by atoms with E-state index in [1.54, 1.807) is 0 Å². The fourth-order valence-corrected chi connectivity index (χ4v) is 4.65. The molecule has 27 heavy (non-hydrogen) atoms. The highest BCUT2D eigenvalue weighted by atomic mass is 32.1. The van der Waals surface area contributed by atoms with Crippen LogP contribution in [0, 0.1) is 20.8 Å². The molecule has 6 nitrogen and oxygen atoms in total. The third kappa shape index (κ3) is 3.52. The molecule has 4 rings (SSSR count). The number of benzene rings is 1. The van der Waals surface area contributed by atoms with Gasteiger partial charge in [0.15, 0.2) is 0 Å². The van der Waals surface area contributed by atoms with Gasteiger partial charge in [0.25, 0.3) is 5.91 Å². The number of carbonyl (C=O) groups is 1. The highest BCUT2D eigenvalue weighted by Gasteiger charge is 2.19. The van der Waals surface area contributed by atoms with Gasteiger partial charge in [-0.05, 0) is 44.5 Å². The first kappa shape index (κ1) is 17.9. The first-order chi connectivity index (χ1) is 13.0. The van der Waals surface area contributed by atoms with Gasteiger partial charge in [-0.2, -0.15) is 0 Å². The van der Waals surface area contributed by atoms with E-state index in [2.05, 4.69) is 26.3 Å². The minimum Gasteiger partial charge on any atom is -0.378 e. The average Bonchev–Trinajstić information content (AvgIpc) is 2.99. The van der Waals surface area contributed by atoms with Gasteiger partial charge in [-0.3, -0.25) is 4.79 Å². The van der Waals surface area contributed by atoms with Crippen LogP contribution in [-0.4, -0.2) is 42.2 Å². The fraction of sp³-hybridized carbons (Fsp3) is 0.350. The van der Waals surface area contributed by atoms with Crippen molar-refractivity contribution in [2.24, 2.45) is 0 Å². The normalized spacial score (nSPS) is 14.6. The number of fused-ring (bicyclic) bond motifs is 1. The number of ether oxygens (including phenoxy) is 1. The van der Waals surface area contributed by atoms with Gasteiger partial charge in [0.05, 0.1) is 18.1 Å². The molecule has 1 aliphatic rings. The second-order valence-corrected chi connectivity index (χ2v) is 7.70. The number of aryl methyl sites for hydroxylation is 3. The molecule has 2 aromatic heterocycles. The molecule has 7 heteroatoms. The largest absolute Gasteiger partial charge is 0.378 e. The molecule has 1 fully saturated rings. The van der Waals surface area contributed by atoms with Crippen molar-refractivity contribution in [1.82, 2.24) is 9.97 Å². The van der Waals surface area contributed by atoms with Crippen LogP contribution in [0.3, 0.4) is 0 Å². The average molecular weight is 382 g/mol. The second-order valence-electron chi connectivity index (χ2n) is 6.70. The number of nitrogens with zero attached hydrogens (tertiary/aromatic N) is 3. The molecule has 0 spiro atoms. The molecule has 1 saturated heterocycles. The maximum atomic E-state index is 12.9. The molecule has 0 unspecified atom stereocenters. The van der Waals surface area contributed by atoms with E-state index in [0.29, 0.717) is 4.88 Å². The van der Waals surface area contributed by atoms with E-state index in [9.17, 15) is 4.79 Å². The molecule has 0 aliphatic carbocycles. The first-order valence-electron chi connectivity index (χ1n) is 9.01. The van der Waals surface area contributed by atoms with Crippen molar-refractivity contribution in [2.45, 2.75) is 20.8 Å². The summed E-state index contributed by atoms with van der Waals surface area (Å²) in [5.74, 6) is 0.623. The summed E-state index contributed by atoms with van der Waals surface area (Å²) in [6.45, 7) is 9.00. The summed E-state index contributed by atoms with van der Waals surface area (Å²) in [5, 5.41) is 4.02. The maximum absolute atomic E-state index is 12.9. The van der Waals surface area contributed by atoms with E-state index < -0.39 is 0 Å². The van der Waals surface area contributed by atoms with Crippen LogP contribution in [0.25, 0.3) is 10.2 Å². The van der Waals surface area contributed by atoms with Gasteiger partial charge in [-0.25, -0.2) is 9.97 Å². The lowest BCUT2D eigenvalue weighted by Gasteiger charge is -2.29. The molecule has 0 atom stereocenters. The summed E-state index contributed by atoms with van der Waals surface area (Å²) in [7, 11) is 0. The number of anilines is 2. The Morgan fingerprint density at radius 1 is 1.19 bits per heavy atom. The Labute approximate surface area is 162 Å². The molecule has 1 N–H and O–H groups in total. The van der Waals surface area contributed by atoms with Crippen molar-refractivity contribution in [3.8, 4) is 0 Å². The quantitative estimate of drug-likeness (QED) is 0.748. The lowest BCUT2D eigenvalue weighted by molar-refractivity contribution is 0.103. The summed E-state index contributed by atoms with van der Waals surface area (Å²) in [4.78, 5) is 25.6. The number of hydrogen-bond acceptors (Lipinski definition) is 6. The summed E-state index contributed by atoms with van der Waals surface area (Å²) in [6, 6.07) is 7.96. The molecule has 3 aromatic rings. The SMILES string of the molecule is Cc1nc(C)c2c(C)c(C(=O)Nc3cccc(N4CCOCC4)c3)sc2n1. The predicted molar refractivity (Wildman–Crippen MR) is 109 cm³/mol. The van der Waals surface area contributed by atoms with Gasteiger partial charge in [-0.1, -0.05) is 6.07 Å². The molecule has 0 bridgehead atoms. The number of aromatic nitrogens is 2. The van der Waals surface area contributed by atoms with Gasteiger partial charge >= 0.3 is 0 Å². The third-order valence-corrected chi connectivity index (χ3v) is 5.95. The van der Waals surface area contributed by atoms with Crippen LogP contribution in [0.5, 0.6) is 0 Å². The van der Waals surface area contributed by atoms with Crippen molar-refractivity contribution < 1.29 is 9.53 Å². The lowest BCUT2D eigenvalue weighted by atomic mass is 10.1. The molecule has 140 valence electrons. The number of amides is 1. The van der Waals surface area contributed by atoms with Gasteiger partial charge in [-0.15, -0.1) is 11.3 Å². The van der Waals surface area contributed by atoms with Crippen molar-refractivity contribution in [2.75, 3.05) is 36.5 Å². The standard InChI is InChI=1S/C20H22N4O2S/c1-12-17-13(2)21-14(3)22-20(17)27-18(12)19(25)23-15-5-4-6-16(11-15)24-7-9-26-10-8-24/h4-6,11H,7-10H2,1-3H3,(H,23,25). The highest BCUT2D eigenvalue weighted by Crippen LogP contribution is 2.32. The smallest absolute Gasteiger partial charge is 0.266 e. The Morgan fingerprint density at radius 2 is 1.96 bits per heavy atom. The first-order valence-corrected chi connectivity index (χ1v) is 9.83. The van der Waals surface area contributed by atoms with Crippen LogP contribution in [0.1, 0.15) is 26.8 Å². The van der Waals surface area contributed by atoms with Crippen molar-refractivity contribution in [3.63, 3.8) is 0 Å². The fourth-order valence-electron chi connectivity index (χ4n) is 3.48. The van der Waals surface area contributed by atoms with Gasteiger partial charge < -0.3 is 15.0 Å². The number of nitrogens with one attached hydrogen (secondary N) is 1. The highest BCUT2D eigenvalue weighted by molar-refractivity contribution is 7.20. The molecule has 3 heterocycles. The van der Waals surface area contributed by atoms with Crippen molar-refractivity contribution in [1.29, 1.82) is 0 Å². The van der Waals surface area contributed by atoms with Crippen molar-refractivity contribution in [3.05, 3.63) is 46.2 Å². The molecular weight excluding hydrogens is 360 g/mol. The third-order valence-electron chi connectivity index (χ3n) is 4.77. The van der Waals surface area contributed by atoms with E-state index in [4.69, 9.17) is 4.74 Å². The molecular formula is C20H22N4O2S. The van der Waals surface area contributed by atoms with E-state index in [0.717, 1.165) is 65.0 Å². The minimum atomic E-state index is -0.105. The number of morpholine rings is 1. The molecule has 0 saturated carbocycles. The van der Waals surface area contributed by atoms with Crippen molar-refractivity contribution >= 4 is 38.8 Å². The Morgan fingerprint density at radius 3 is 2.74 bits per heavy atom. The van der Waals surface area contributed by atoms with Gasteiger partial charge in [0.2, 0.25) is 0 Å². The van der Waals surface area contributed by atoms with E-state index in [1.165, 1.54) is 11.3 Å². The topological polar surface area (TPSA) is 67.4 Å². The van der Waals surface area contributed by atoms with Crippen LogP contribution in [-0.2, 0) is 4.74 Å². The monoisotopic (exact) mass is 382 g/mol. The van der Waals surface area contributed by atoms with Gasteiger partial charge in [0, 0.05) is 35.5 Å². The molecule has 1 aliphatic heterocycles. The number of carbonyl (C=O) groups excluding carboxylic acids is 1. The van der Waals surface area contributed by atoms with Crippen LogP contribution in [0.4, 0.5) is 11.4 Å². The molecule has 1 amide bonds. The zero-order valence-corrected chi connectivity index (χ0v) is 16.5. The number of rotatable bonds is 3. The zero-order chi connectivity index (χ0) is 19.0. The van der Waals surface area contributed by atoms with Crippen LogP contribution in [0.2, 0.25) is 0 Å². The number of thiophene rings is 1. The molecule has 0 radical (unpaired) electrons. The molecule has 1 aromatic carbocycles. The minimum absolute atomic E-state index is 0.105. The van der Waals surface area contributed by atoms with Gasteiger partial charge in [0.1, 0.15) is 10.7 Å². The number of hydrogen-bond donors (Lipinski definition) is 1. The maximum Gasteiger partial charge on any atom is 0.266 e. The lowest BCUT2D eigenvalue weighted by Crippen LogP contribution is -2.36. The summed E-state index contributed by atoms with van der Waals surface area (Å²) in [5.41, 5.74) is 3.75. The van der Waals surface area contributed by atoms with Crippen LogP contribution < -0.4 is 10.2 Å². The van der Waals surface area contributed by atoms with E-state index in [-0.39, 0.29) is 5.91 Å². The Balaban J connectivity index is 1.60. The van der Waals surface area contributed by atoms with Crippen LogP contribution >= 0.6 is 11.3 Å². The predicted octanol–water partition coefficient (Wildman–Crippen LogP) is 3.71. The summed E-state index contributed by atoms with van der Waals surface area (Å²) < 4.78 is 5.41. The second kappa shape index (κ2) is 7.25. The Bertz CT molecular complexity index is 1010. The Hall–Kier alpha value is -2.51. The summed E-state index contributed by atoms with van der Waals surface area (Å²) >= 11 is 1.42. The zero-order valence-electron chi connectivity index (χ0n) is 15.7. The van der Waals surface area contributed by atoms with E-state index in [1.807, 2.05) is 39.0 Å².